The molecule has 3 rings (SSSR count). The number of nitrogens with zero attached hydrogens (tertiary/aromatic N) is 1. The molecule has 5 heteroatoms. The van der Waals surface area contributed by atoms with Crippen molar-refractivity contribution in [3.63, 3.8) is 0 Å². The fraction of sp³-hybridized carbons (Fsp3) is 0.467. The molecule has 2 amide bonds. The molecule has 0 aromatic heterocycles. The molecule has 0 radical (unpaired) electrons. The summed E-state index contributed by atoms with van der Waals surface area (Å²) in [5.41, 5.74) is 0.168. The summed E-state index contributed by atoms with van der Waals surface area (Å²) < 4.78 is 5.62. The molecule has 1 aromatic rings. The average Bonchev–Trinajstić information content (AvgIpc) is 2.87. The number of para-hydroxylation sites is 1. The van der Waals surface area contributed by atoms with Crippen molar-refractivity contribution in [3.05, 3.63) is 29.8 Å². The van der Waals surface area contributed by atoms with Crippen LogP contribution < -0.4 is 10.1 Å². The molecule has 2 unspecified atom stereocenters. The lowest BCUT2D eigenvalue weighted by Gasteiger charge is -2.41. The topological polar surface area (TPSA) is 58.6 Å². The molecule has 0 spiro atoms. The minimum atomic E-state index is -0.813. The minimum Gasteiger partial charge on any atom is -0.491 e. The van der Waals surface area contributed by atoms with E-state index >= 15 is 0 Å². The van der Waals surface area contributed by atoms with Crippen LogP contribution in [0.2, 0.25) is 0 Å². The van der Waals surface area contributed by atoms with Gasteiger partial charge >= 0.3 is 0 Å². The number of carbonyl (C=O) groups is 2. The van der Waals surface area contributed by atoms with Crippen molar-refractivity contribution in [3.8, 4) is 5.75 Å². The van der Waals surface area contributed by atoms with Crippen LogP contribution >= 0.6 is 0 Å². The van der Waals surface area contributed by atoms with Gasteiger partial charge in [0.2, 0.25) is 11.8 Å². The van der Waals surface area contributed by atoms with Crippen molar-refractivity contribution in [2.45, 2.75) is 31.8 Å². The van der Waals surface area contributed by atoms with Crippen molar-refractivity contribution in [1.29, 1.82) is 0 Å². The predicted molar refractivity (Wildman–Crippen MR) is 73.2 cm³/mol. The van der Waals surface area contributed by atoms with Crippen LogP contribution in [0.5, 0.6) is 5.75 Å². The zero-order valence-corrected chi connectivity index (χ0v) is 11.7. The highest BCUT2D eigenvalue weighted by atomic mass is 16.5. The number of carbonyl (C=O) groups excluding carboxylic acids is 2. The fourth-order valence-electron chi connectivity index (χ4n) is 2.84. The van der Waals surface area contributed by atoms with Crippen LogP contribution in [0.15, 0.2) is 24.3 Å². The zero-order valence-electron chi connectivity index (χ0n) is 11.7. The van der Waals surface area contributed by atoms with E-state index in [1.165, 1.54) is 0 Å². The van der Waals surface area contributed by atoms with Gasteiger partial charge in [-0.3, -0.25) is 9.59 Å². The summed E-state index contributed by atoms with van der Waals surface area (Å²) in [6.07, 6.45) is 0.573. The number of amides is 2. The SMILES string of the molecule is CCC1(C)NC(=O)CN(C2COc3ccccc32)C1=O. The summed E-state index contributed by atoms with van der Waals surface area (Å²) in [4.78, 5) is 26.2. The summed E-state index contributed by atoms with van der Waals surface area (Å²) in [6.45, 7) is 4.19. The van der Waals surface area contributed by atoms with Crippen molar-refractivity contribution >= 4 is 11.8 Å². The number of piperazine rings is 1. The summed E-state index contributed by atoms with van der Waals surface area (Å²) in [5, 5.41) is 2.80. The molecule has 0 aliphatic carbocycles. The van der Waals surface area contributed by atoms with Gasteiger partial charge in [0.15, 0.2) is 0 Å². The van der Waals surface area contributed by atoms with Gasteiger partial charge in [-0.05, 0) is 19.4 Å². The van der Waals surface area contributed by atoms with Gasteiger partial charge in [-0.2, -0.15) is 0 Å². The maximum atomic E-state index is 12.7. The molecule has 1 saturated heterocycles. The van der Waals surface area contributed by atoms with E-state index in [4.69, 9.17) is 4.74 Å². The largest absolute Gasteiger partial charge is 0.491 e. The second-order valence-corrected chi connectivity index (χ2v) is 5.53. The first-order valence-corrected chi connectivity index (χ1v) is 6.89. The molecule has 20 heavy (non-hydrogen) atoms. The van der Waals surface area contributed by atoms with E-state index in [1.807, 2.05) is 31.2 Å². The smallest absolute Gasteiger partial charge is 0.249 e. The summed E-state index contributed by atoms with van der Waals surface area (Å²) in [6, 6.07) is 7.50. The van der Waals surface area contributed by atoms with Crippen LogP contribution in [0.4, 0.5) is 0 Å². The van der Waals surface area contributed by atoms with Gasteiger partial charge in [-0.25, -0.2) is 0 Å². The second-order valence-electron chi connectivity index (χ2n) is 5.53. The van der Waals surface area contributed by atoms with Gasteiger partial charge in [0.05, 0.1) is 6.04 Å². The molecule has 106 valence electrons. The maximum absolute atomic E-state index is 12.7. The van der Waals surface area contributed by atoms with E-state index in [9.17, 15) is 9.59 Å². The molecule has 1 N–H and O–H groups in total. The van der Waals surface area contributed by atoms with Gasteiger partial charge in [0, 0.05) is 5.56 Å². The van der Waals surface area contributed by atoms with E-state index < -0.39 is 5.54 Å². The third-order valence-electron chi connectivity index (χ3n) is 4.22. The molecule has 1 fully saturated rings. The van der Waals surface area contributed by atoms with E-state index in [0.29, 0.717) is 13.0 Å². The maximum Gasteiger partial charge on any atom is 0.249 e. The number of fused-ring (bicyclic) bond motifs is 1. The molecule has 2 aliphatic heterocycles. The van der Waals surface area contributed by atoms with Crippen LogP contribution in [0, 0.1) is 0 Å². The Kier molecular flexibility index (Phi) is 2.92. The van der Waals surface area contributed by atoms with Crippen LogP contribution in [0.25, 0.3) is 0 Å². The van der Waals surface area contributed by atoms with Gasteiger partial charge in [-0.15, -0.1) is 0 Å². The van der Waals surface area contributed by atoms with Crippen molar-refractivity contribution in [2.24, 2.45) is 0 Å². The zero-order chi connectivity index (χ0) is 14.3. The fourth-order valence-corrected chi connectivity index (χ4v) is 2.84. The van der Waals surface area contributed by atoms with Crippen molar-refractivity contribution < 1.29 is 14.3 Å². The van der Waals surface area contributed by atoms with Gasteiger partial charge in [-0.1, -0.05) is 25.1 Å². The Labute approximate surface area is 117 Å². The van der Waals surface area contributed by atoms with Gasteiger partial charge < -0.3 is 15.0 Å². The Hall–Kier alpha value is -2.04. The molecule has 2 heterocycles. The Bertz CT molecular complexity index is 572. The highest BCUT2D eigenvalue weighted by Gasteiger charge is 2.45. The van der Waals surface area contributed by atoms with E-state index in [1.54, 1.807) is 11.8 Å². The summed E-state index contributed by atoms with van der Waals surface area (Å²) >= 11 is 0. The molecule has 0 saturated carbocycles. The van der Waals surface area contributed by atoms with Crippen LogP contribution in [-0.2, 0) is 9.59 Å². The Morgan fingerprint density at radius 3 is 2.90 bits per heavy atom. The second kappa shape index (κ2) is 4.51. The number of benzene rings is 1. The van der Waals surface area contributed by atoms with E-state index in [0.717, 1.165) is 11.3 Å². The molecule has 0 bridgehead atoms. The van der Waals surface area contributed by atoms with Gasteiger partial charge in [0.1, 0.15) is 24.4 Å². The molecule has 2 atom stereocenters. The van der Waals surface area contributed by atoms with Crippen LogP contribution in [0.1, 0.15) is 31.9 Å². The summed E-state index contributed by atoms with van der Waals surface area (Å²) in [5.74, 6) is 0.651. The Morgan fingerprint density at radius 2 is 2.15 bits per heavy atom. The van der Waals surface area contributed by atoms with Gasteiger partial charge in [0.25, 0.3) is 0 Å². The first-order valence-electron chi connectivity index (χ1n) is 6.89. The third kappa shape index (κ3) is 1.85. The number of nitrogens with one attached hydrogen (secondary N) is 1. The van der Waals surface area contributed by atoms with Crippen molar-refractivity contribution in [1.82, 2.24) is 10.2 Å². The quantitative estimate of drug-likeness (QED) is 0.883. The molecular formula is C15H18N2O3. The number of ether oxygens (including phenoxy) is 1. The van der Waals surface area contributed by atoms with Crippen LogP contribution in [0.3, 0.4) is 0 Å². The average molecular weight is 274 g/mol. The Balaban J connectivity index is 1.94. The Morgan fingerprint density at radius 1 is 1.40 bits per heavy atom. The molecule has 2 aliphatic rings. The van der Waals surface area contributed by atoms with E-state index in [2.05, 4.69) is 5.32 Å². The number of hydrogen-bond donors (Lipinski definition) is 1. The lowest BCUT2D eigenvalue weighted by molar-refractivity contribution is -0.152. The lowest BCUT2D eigenvalue weighted by atomic mass is 9.92. The monoisotopic (exact) mass is 274 g/mol. The predicted octanol–water partition coefficient (Wildman–Crippen LogP) is 1.25. The standard InChI is InChI=1S/C15H18N2O3/c1-3-15(2)14(19)17(8-13(18)16-15)11-9-20-12-7-5-4-6-10(11)12/h4-7,11H,3,8-9H2,1-2H3,(H,16,18). The normalized spacial score (nSPS) is 28.9. The lowest BCUT2D eigenvalue weighted by Crippen LogP contribution is -2.65. The summed E-state index contributed by atoms with van der Waals surface area (Å²) in [7, 11) is 0. The van der Waals surface area contributed by atoms with Crippen molar-refractivity contribution in [2.75, 3.05) is 13.2 Å². The first-order chi connectivity index (χ1) is 9.55. The first kappa shape index (κ1) is 13.0. The van der Waals surface area contributed by atoms with E-state index in [-0.39, 0.29) is 24.4 Å². The molecule has 5 nitrogen and oxygen atoms in total. The molecule has 1 aromatic carbocycles. The molecular weight excluding hydrogens is 256 g/mol. The highest BCUT2D eigenvalue weighted by molar-refractivity contribution is 5.98. The minimum absolute atomic E-state index is 0.0371. The number of hydrogen-bond acceptors (Lipinski definition) is 3. The number of rotatable bonds is 2. The van der Waals surface area contributed by atoms with Crippen LogP contribution in [-0.4, -0.2) is 35.4 Å². The third-order valence-corrected chi connectivity index (χ3v) is 4.22. The highest BCUT2D eigenvalue weighted by Crippen LogP contribution is 2.37.